The molecule has 0 aromatic heterocycles. The Morgan fingerprint density at radius 2 is 1.94 bits per heavy atom. The van der Waals surface area contributed by atoms with E-state index in [1.807, 2.05) is 20.1 Å². The molecule has 0 radical (unpaired) electrons. The highest BCUT2D eigenvalue weighted by molar-refractivity contribution is 7.99. The van der Waals surface area contributed by atoms with Crippen LogP contribution in [0.25, 0.3) is 0 Å². The highest BCUT2D eigenvalue weighted by atomic mass is 32.2. The van der Waals surface area contributed by atoms with E-state index in [1.54, 1.807) is 18.7 Å². The highest BCUT2D eigenvalue weighted by Gasteiger charge is 2.18. The number of carboxylic acid groups (broad SMARTS) is 1. The van der Waals surface area contributed by atoms with Crippen molar-refractivity contribution in [2.24, 2.45) is 5.92 Å². The number of hydrogen-bond acceptors (Lipinski definition) is 3. The number of aliphatic carboxylic acids is 1. The van der Waals surface area contributed by atoms with Crippen LogP contribution in [-0.4, -0.2) is 41.2 Å². The van der Waals surface area contributed by atoms with Crippen molar-refractivity contribution in [3.05, 3.63) is 0 Å². The molecule has 1 unspecified atom stereocenters. The fourth-order valence-electron chi connectivity index (χ4n) is 1.05. The van der Waals surface area contributed by atoms with E-state index in [0.717, 1.165) is 0 Å². The first kappa shape index (κ1) is 16.1. The van der Waals surface area contributed by atoms with Crippen molar-refractivity contribution in [3.63, 3.8) is 0 Å². The van der Waals surface area contributed by atoms with Gasteiger partial charge in [0.05, 0.1) is 5.92 Å². The number of nitrogens with one attached hydrogen (secondary N) is 2. The molecule has 0 bridgehead atoms. The maximum atomic E-state index is 11.4. The third-order valence-corrected chi connectivity index (χ3v) is 3.83. The number of urea groups is 1. The number of carbonyl (C=O) groups excluding carboxylic acids is 1. The van der Waals surface area contributed by atoms with Gasteiger partial charge < -0.3 is 15.7 Å². The molecule has 0 saturated heterocycles. The van der Waals surface area contributed by atoms with Gasteiger partial charge in [-0.3, -0.25) is 4.79 Å². The number of thioether (sulfide) groups is 1. The van der Waals surface area contributed by atoms with Crippen LogP contribution < -0.4 is 10.6 Å². The molecule has 3 N–H and O–H groups in total. The van der Waals surface area contributed by atoms with Crippen LogP contribution in [-0.2, 0) is 4.79 Å². The van der Waals surface area contributed by atoms with Gasteiger partial charge in [0.15, 0.2) is 0 Å². The first-order valence-electron chi connectivity index (χ1n) is 5.62. The maximum absolute atomic E-state index is 11.4. The summed E-state index contributed by atoms with van der Waals surface area (Å²) in [6, 6.07) is -0.313. The second-order valence-corrected chi connectivity index (χ2v) is 5.98. The van der Waals surface area contributed by atoms with Crippen LogP contribution in [0.4, 0.5) is 4.79 Å². The fourth-order valence-corrected chi connectivity index (χ4v) is 1.27. The molecule has 0 spiro atoms. The maximum Gasteiger partial charge on any atom is 0.314 e. The van der Waals surface area contributed by atoms with Crippen molar-refractivity contribution in [2.45, 2.75) is 31.9 Å². The summed E-state index contributed by atoms with van der Waals surface area (Å²) in [5.41, 5.74) is 0. The molecular formula is C11H22N2O3S. The van der Waals surface area contributed by atoms with Gasteiger partial charge in [0.25, 0.3) is 0 Å². The minimum atomic E-state index is -0.878. The molecule has 17 heavy (non-hydrogen) atoms. The third kappa shape index (κ3) is 7.10. The zero-order valence-corrected chi connectivity index (χ0v) is 11.7. The first-order valence-corrected chi connectivity index (χ1v) is 6.84. The van der Waals surface area contributed by atoms with E-state index >= 15 is 0 Å². The lowest BCUT2D eigenvalue weighted by Gasteiger charge is -2.22. The van der Waals surface area contributed by atoms with Crippen molar-refractivity contribution < 1.29 is 14.7 Å². The zero-order chi connectivity index (χ0) is 13.5. The first-order chi connectivity index (χ1) is 7.82. The lowest BCUT2D eigenvalue weighted by atomic mass is 10.1. The van der Waals surface area contributed by atoms with E-state index in [2.05, 4.69) is 10.6 Å². The Kier molecular flexibility index (Phi) is 7.03. The van der Waals surface area contributed by atoms with Gasteiger partial charge in [0, 0.05) is 17.8 Å². The second kappa shape index (κ2) is 7.42. The van der Waals surface area contributed by atoms with Gasteiger partial charge in [-0.1, -0.05) is 6.92 Å². The minimum absolute atomic E-state index is 0.0195. The van der Waals surface area contributed by atoms with Crippen LogP contribution in [0.2, 0.25) is 0 Å². The summed E-state index contributed by atoms with van der Waals surface area (Å²) in [4.78, 5) is 22.2. The minimum Gasteiger partial charge on any atom is -0.481 e. The molecule has 0 heterocycles. The number of hydrogen-bond donors (Lipinski definition) is 3. The van der Waals surface area contributed by atoms with Crippen molar-refractivity contribution >= 4 is 23.8 Å². The number of carboxylic acids is 1. The van der Waals surface area contributed by atoms with Gasteiger partial charge in [-0.15, -0.1) is 0 Å². The van der Waals surface area contributed by atoms with Crippen molar-refractivity contribution in [2.75, 3.05) is 19.3 Å². The molecule has 2 amide bonds. The quantitative estimate of drug-likeness (QED) is 0.650. The van der Waals surface area contributed by atoms with E-state index < -0.39 is 11.9 Å². The van der Waals surface area contributed by atoms with Crippen LogP contribution in [0, 0.1) is 5.92 Å². The monoisotopic (exact) mass is 262 g/mol. The smallest absolute Gasteiger partial charge is 0.314 e. The predicted molar refractivity (Wildman–Crippen MR) is 70.4 cm³/mol. The molecule has 0 aromatic carbocycles. The average Bonchev–Trinajstić information content (AvgIpc) is 2.27. The van der Waals surface area contributed by atoms with Crippen molar-refractivity contribution in [1.82, 2.24) is 10.6 Å². The Labute approximate surface area is 107 Å². The van der Waals surface area contributed by atoms with Crippen LogP contribution in [0.3, 0.4) is 0 Å². The fraction of sp³-hybridized carbons (Fsp3) is 0.818. The van der Waals surface area contributed by atoms with Gasteiger partial charge >= 0.3 is 12.0 Å². The molecule has 6 heteroatoms. The SMILES string of the molecule is CCC(CNC(=O)NCC(C)(C)SC)C(=O)O. The van der Waals surface area contributed by atoms with Gasteiger partial charge in [-0.05, 0) is 26.5 Å². The van der Waals surface area contributed by atoms with Gasteiger partial charge in [-0.25, -0.2) is 4.79 Å². The van der Waals surface area contributed by atoms with Crippen LogP contribution in [0.1, 0.15) is 27.2 Å². The van der Waals surface area contributed by atoms with Gasteiger partial charge in [0.1, 0.15) is 0 Å². The largest absolute Gasteiger partial charge is 0.481 e. The molecule has 0 fully saturated rings. The second-order valence-electron chi connectivity index (χ2n) is 4.47. The van der Waals surface area contributed by atoms with Gasteiger partial charge in [0.2, 0.25) is 0 Å². The van der Waals surface area contributed by atoms with E-state index in [4.69, 9.17) is 5.11 Å². The zero-order valence-electron chi connectivity index (χ0n) is 10.9. The Morgan fingerprint density at radius 1 is 1.35 bits per heavy atom. The molecule has 0 aliphatic rings. The van der Waals surface area contributed by atoms with Gasteiger partial charge in [-0.2, -0.15) is 11.8 Å². The van der Waals surface area contributed by atoms with E-state index in [-0.39, 0.29) is 17.3 Å². The van der Waals surface area contributed by atoms with Crippen molar-refractivity contribution in [1.29, 1.82) is 0 Å². The summed E-state index contributed by atoms with van der Waals surface area (Å²) in [7, 11) is 0. The van der Waals surface area contributed by atoms with E-state index in [1.165, 1.54) is 0 Å². The van der Waals surface area contributed by atoms with Crippen LogP contribution in [0.15, 0.2) is 0 Å². The molecule has 100 valence electrons. The molecule has 0 saturated carbocycles. The molecule has 0 rings (SSSR count). The average molecular weight is 262 g/mol. The van der Waals surface area contributed by atoms with Crippen molar-refractivity contribution in [3.8, 4) is 0 Å². The summed E-state index contributed by atoms with van der Waals surface area (Å²) < 4.78 is -0.0195. The summed E-state index contributed by atoms with van der Waals surface area (Å²) in [6.45, 7) is 6.56. The third-order valence-electron chi connectivity index (χ3n) is 2.58. The van der Waals surface area contributed by atoms with Crippen LogP contribution >= 0.6 is 11.8 Å². The molecule has 0 aliphatic carbocycles. The summed E-state index contributed by atoms with van der Waals surface area (Å²) in [5.74, 6) is -1.40. The summed E-state index contributed by atoms with van der Waals surface area (Å²) in [6.07, 6.45) is 2.49. The molecule has 1 atom stereocenters. The summed E-state index contributed by atoms with van der Waals surface area (Å²) >= 11 is 1.67. The Bertz CT molecular complexity index is 269. The number of rotatable bonds is 7. The molecule has 5 nitrogen and oxygen atoms in total. The van der Waals surface area contributed by atoms with E-state index in [9.17, 15) is 9.59 Å². The Morgan fingerprint density at radius 3 is 2.35 bits per heavy atom. The number of amides is 2. The van der Waals surface area contributed by atoms with E-state index in [0.29, 0.717) is 13.0 Å². The Balaban J connectivity index is 3.91. The number of carbonyl (C=O) groups is 2. The highest BCUT2D eigenvalue weighted by Crippen LogP contribution is 2.19. The molecular weight excluding hydrogens is 240 g/mol. The standard InChI is InChI=1S/C11H22N2O3S/c1-5-8(9(14)15)6-12-10(16)13-7-11(2,3)17-4/h8H,5-7H2,1-4H3,(H,14,15)(H2,12,13,16). The lowest BCUT2D eigenvalue weighted by molar-refractivity contribution is -0.141. The molecule has 0 aliphatic heterocycles. The van der Waals surface area contributed by atoms with Crippen LogP contribution in [0.5, 0.6) is 0 Å². The normalized spacial score (nSPS) is 12.9. The topological polar surface area (TPSA) is 78.4 Å². The summed E-state index contributed by atoms with van der Waals surface area (Å²) in [5, 5.41) is 14.1. The lowest BCUT2D eigenvalue weighted by Crippen LogP contribution is -2.44. The Hall–Kier alpha value is -0.910. The molecule has 0 aromatic rings. The predicted octanol–water partition coefficient (Wildman–Crippen LogP) is 1.54.